The van der Waals surface area contributed by atoms with Crippen molar-refractivity contribution in [3.05, 3.63) is 78.4 Å². The van der Waals surface area contributed by atoms with Gasteiger partial charge in [0.05, 0.1) is 13.5 Å². The molecule has 0 unspecified atom stereocenters. The molecule has 6 heteroatoms. The minimum Gasteiger partial charge on any atom is -0.497 e. The van der Waals surface area contributed by atoms with Gasteiger partial charge < -0.3 is 20.0 Å². The quantitative estimate of drug-likeness (QED) is 0.372. The molecule has 0 spiro atoms. The number of ether oxygens (including phenoxy) is 1. The average Bonchev–Trinajstić information content (AvgIpc) is 3.41. The van der Waals surface area contributed by atoms with E-state index in [0.717, 1.165) is 49.8 Å². The number of benzene rings is 2. The van der Waals surface area contributed by atoms with Gasteiger partial charge in [0.25, 0.3) is 0 Å². The van der Waals surface area contributed by atoms with Crippen molar-refractivity contribution in [1.29, 1.82) is 0 Å². The molecule has 0 bridgehead atoms. The van der Waals surface area contributed by atoms with Gasteiger partial charge in [-0.2, -0.15) is 0 Å². The van der Waals surface area contributed by atoms with Gasteiger partial charge in [0.1, 0.15) is 11.6 Å². The first kappa shape index (κ1) is 18.9. The van der Waals surface area contributed by atoms with Gasteiger partial charge in [-0.3, -0.25) is 4.79 Å². The zero-order valence-corrected chi connectivity index (χ0v) is 17.3. The van der Waals surface area contributed by atoms with Gasteiger partial charge in [-0.05, 0) is 65.4 Å². The summed E-state index contributed by atoms with van der Waals surface area (Å²) in [7, 11) is 1.64. The molecule has 0 aliphatic heterocycles. The number of H-pyrrole nitrogens is 2. The fourth-order valence-electron chi connectivity index (χ4n) is 3.96. The van der Waals surface area contributed by atoms with E-state index in [4.69, 9.17) is 4.74 Å². The van der Waals surface area contributed by atoms with Crippen LogP contribution in [-0.2, 0) is 11.2 Å². The summed E-state index contributed by atoms with van der Waals surface area (Å²) in [5.41, 5.74) is 5.15. The molecular formula is C25H22N4O2. The number of nitrogens with one attached hydrogen (secondary N) is 3. The Kier molecular flexibility index (Phi) is 4.67. The number of pyridine rings is 1. The summed E-state index contributed by atoms with van der Waals surface area (Å²) in [6, 6.07) is 16.0. The monoisotopic (exact) mass is 410 g/mol. The Labute approximate surface area is 179 Å². The summed E-state index contributed by atoms with van der Waals surface area (Å²) in [6.07, 6.45) is 5.90. The number of aromatic amines is 2. The molecule has 0 atom stereocenters. The van der Waals surface area contributed by atoms with Gasteiger partial charge in [-0.25, -0.2) is 4.98 Å². The normalized spacial score (nSPS) is 11.2. The van der Waals surface area contributed by atoms with Crippen molar-refractivity contribution in [2.45, 2.75) is 13.3 Å². The molecule has 31 heavy (non-hydrogen) atoms. The lowest BCUT2D eigenvalue weighted by Crippen LogP contribution is -2.15. The Morgan fingerprint density at radius 1 is 1.06 bits per heavy atom. The maximum Gasteiger partial charge on any atom is 0.230 e. The number of anilines is 1. The highest BCUT2D eigenvalue weighted by Gasteiger charge is 2.14. The molecule has 3 aromatic heterocycles. The SMILES string of the molecule is COc1ccc2[nH]c(C)c(CC(=O)Nc3cc4cc(-c5cc[nH]c5)ccc4cn3)c2c1. The third-order valence-electron chi connectivity index (χ3n) is 5.58. The van der Waals surface area contributed by atoms with E-state index in [1.807, 2.05) is 55.7 Å². The van der Waals surface area contributed by atoms with Crippen molar-refractivity contribution in [3.63, 3.8) is 0 Å². The highest BCUT2D eigenvalue weighted by Crippen LogP contribution is 2.28. The van der Waals surface area contributed by atoms with Crippen LogP contribution >= 0.6 is 0 Å². The van der Waals surface area contributed by atoms with Crippen molar-refractivity contribution < 1.29 is 9.53 Å². The number of carbonyl (C=O) groups is 1. The first-order chi connectivity index (χ1) is 15.1. The van der Waals surface area contributed by atoms with Crippen LogP contribution in [0.4, 0.5) is 5.82 Å². The van der Waals surface area contributed by atoms with Crippen LogP contribution in [0.3, 0.4) is 0 Å². The molecule has 154 valence electrons. The summed E-state index contributed by atoms with van der Waals surface area (Å²) < 4.78 is 5.34. The molecule has 2 aromatic carbocycles. The van der Waals surface area contributed by atoms with Crippen LogP contribution in [-0.4, -0.2) is 28.0 Å². The first-order valence-corrected chi connectivity index (χ1v) is 10.1. The summed E-state index contributed by atoms with van der Waals surface area (Å²) in [5.74, 6) is 1.20. The van der Waals surface area contributed by atoms with Crippen LogP contribution in [0.15, 0.2) is 67.1 Å². The number of aromatic nitrogens is 3. The van der Waals surface area contributed by atoms with Gasteiger partial charge in [0.2, 0.25) is 5.91 Å². The van der Waals surface area contributed by atoms with Crippen molar-refractivity contribution >= 4 is 33.4 Å². The number of methoxy groups -OCH3 is 1. The summed E-state index contributed by atoms with van der Waals surface area (Å²) in [6.45, 7) is 1.98. The molecule has 0 saturated carbocycles. The Bertz CT molecular complexity index is 1400. The number of nitrogens with zero attached hydrogens (tertiary/aromatic N) is 1. The smallest absolute Gasteiger partial charge is 0.230 e. The number of rotatable bonds is 5. The number of carbonyl (C=O) groups excluding carboxylic acids is 1. The number of hydrogen-bond acceptors (Lipinski definition) is 3. The van der Waals surface area contributed by atoms with Crippen molar-refractivity contribution in [2.24, 2.45) is 0 Å². The molecule has 5 aromatic rings. The Morgan fingerprint density at radius 3 is 2.77 bits per heavy atom. The molecule has 3 N–H and O–H groups in total. The molecule has 6 nitrogen and oxygen atoms in total. The number of hydrogen-bond donors (Lipinski definition) is 3. The molecular weight excluding hydrogens is 388 g/mol. The fraction of sp³-hybridized carbons (Fsp3) is 0.120. The van der Waals surface area contributed by atoms with E-state index >= 15 is 0 Å². The zero-order chi connectivity index (χ0) is 21.4. The van der Waals surface area contributed by atoms with E-state index in [2.05, 4.69) is 32.4 Å². The zero-order valence-electron chi connectivity index (χ0n) is 17.3. The van der Waals surface area contributed by atoms with Gasteiger partial charge in [0.15, 0.2) is 0 Å². The fourth-order valence-corrected chi connectivity index (χ4v) is 3.96. The van der Waals surface area contributed by atoms with E-state index in [1.54, 1.807) is 13.3 Å². The van der Waals surface area contributed by atoms with E-state index in [-0.39, 0.29) is 12.3 Å². The third kappa shape index (κ3) is 3.64. The standard InChI is InChI=1S/C25H22N4O2/c1-15-21(22-11-20(31-2)5-6-23(22)28-15)12-25(30)29-24-10-19-9-16(18-7-8-26-13-18)3-4-17(19)14-27-24/h3-11,13-14,26,28H,12H2,1-2H3,(H,27,29,30). The number of aryl methyl sites for hydroxylation is 1. The van der Waals surface area contributed by atoms with Crippen LogP contribution in [0.2, 0.25) is 0 Å². The van der Waals surface area contributed by atoms with E-state index in [9.17, 15) is 4.79 Å². The lowest BCUT2D eigenvalue weighted by atomic mass is 10.0. The predicted octanol–water partition coefficient (Wildman–Crippen LogP) is 5.21. The number of fused-ring (bicyclic) bond motifs is 2. The molecule has 0 fully saturated rings. The maximum atomic E-state index is 12.8. The number of amides is 1. The van der Waals surface area contributed by atoms with Crippen molar-refractivity contribution in [3.8, 4) is 16.9 Å². The van der Waals surface area contributed by atoms with E-state index in [1.165, 1.54) is 0 Å². The van der Waals surface area contributed by atoms with Crippen LogP contribution in [0.1, 0.15) is 11.3 Å². The van der Waals surface area contributed by atoms with Crippen molar-refractivity contribution in [2.75, 3.05) is 12.4 Å². The molecule has 1 amide bonds. The summed E-state index contributed by atoms with van der Waals surface area (Å²) >= 11 is 0. The Morgan fingerprint density at radius 2 is 1.97 bits per heavy atom. The molecule has 0 saturated heterocycles. The average molecular weight is 410 g/mol. The van der Waals surface area contributed by atoms with E-state index < -0.39 is 0 Å². The maximum absolute atomic E-state index is 12.8. The van der Waals surface area contributed by atoms with Gasteiger partial charge in [-0.15, -0.1) is 0 Å². The minimum absolute atomic E-state index is 0.111. The largest absolute Gasteiger partial charge is 0.497 e. The second-order valence-corrected chi connectivity index (χ2v) is 7.60. The second-order valence-electron chi connectivity index (χ2n) is 7.60. The lowest BCUT2D eigenvalue weighted by Gasteiger charge is -2.08. The predicted molar refractivity (Wildman–Crippen MR) is 123 cm³/mol. The third-order valence-corrected chi connectivity index (χ3v) is 5.58. The van der Waals surface area contributed by atoms with E-state index in [0.29, 0.717) is 5.82 Å². The molecule has 5 rings (SSSR count). The van der Waals surface area contributed by atoms with Gasteiger partial charge >= 0.3 is 0 Å². The molecule has 3 heterocycles. The molecule has 0 aliphatic rings. The Balaban J connectivity index is 1.40. The van der Waals surface area contributed by atoms with Gasteiger partial charge in [-0.1, -0.05) is 12.1 Å². The molecule has 0 aliphatic carbocycles. The summed E-state index contributed by atoms with van der Waals surface area (Å²) in [4.78, 5) is 23.7. The topological polar surface area (TPSA) is 82.8 Å². The lowest BCUT2D eigenvalue weighted by molar-refractivity contribution is -0.115. The highest BCUT2D eigenvalue weighted by molar-refractivity contribution is 5.98. The van der Waals surface area contributed by atoms with Crippen LogP contribution in [0.25, 0.3) is 32.8 Å². The van der Waals surface area contributed by atoms with Gasteiger partial charge in [0, 0.05) is 40.6 Å². The highest BCUT2D eigenvalue weighted by atomic mass is 16.5. The second kappa shape index (κ2) is 7.65. The summed E-state index contributed by atoms with van der Waals surface area (Å²) in [5, 5.41) is 5.99. The molecule has 0 radical (unpaired) electrons. The van der Waals surface area contributed by atoms with Crippen LogP contribution in [0, 0.1) is 6.92 Å². The minimum atomic E-state index is -0.111. The van der Waals surface area contributed by atoms with Crippen molar-refractivity contribution in [1.82, 2.24) is 15.0 Å². The first-order valence-electron chi connectivity index (χ1n) is 10.1. The van der Waals surface area contributed by atoms with Crippen LogP contribution in [0.5, 0.6) is 5.75 Å². The van der Waals surface area contributed by atoms with Crippen LogP contribution < -0.4 is 10.1 Å². The Hall–Kier alpha value is -4.06.